The summed E-state index contributed by atoms with van der Waals surface area (Å²) in [6.45, 7) is 1.24. The van der Waals surface area contributed by atoms with Gasteiger partial charge in [0.25, 0.3) is 0 Å². The van der Waals surface area contributed by atoms with Crippen LogP contribution >= 0.6 is 0 Å². The largest absolute Gasteiger partial charge is 0.381 e. The molecule has 0 bridgehead atoms. The molecule has 0 atom stereocenters. The van der Waals surface area contributed by atoms with Crippen molar-refractivity contribution in [3.8, 4) is 0 Å². The van der Waals surface area contributed by atoms with Crippen molar-refractivity contribution < 1.29 is 9.13 Å². The van der Waals surface area contributed by atoms with E-state index in [0.29, 0.717) is 13.2 Å². The second kappa shape index (κ2) is 6.17. The van der Waals surface area contributed by atoms with Gasteiger partial charge in [0, 0.05) is 19.3 Å². The fourth-order valence-electron chi connectivity index (χ4n) is 1.82. The molecule has 0 heterocycles. The van der Waals surface area contributed by atoms with Crippen LogP contribution in [-0.4, -0.2) is 7.11 Å². The Labute approximate surface area is 106 Å². The Morgan fingerprint density at radius 3 is 2.56 bits per heavy atom. The van der Waals surface area contributed by atoms with Gasteiger partial charge in [-0.25, -0.2) is 4.39 Å². The van der Waals surface area contributed by atoms with E-state index in [0.717, 1.165) is 16.8 Å². The van der Waals surface area contributed by atoms with E-state index in [1.54, 1.807) is 13.2 Å². The number of hydrogen-bond donors (Lipinski definition) is 1. The maximum Gasteiger partial charge on any atom is 0.125 e. The average Bonchev–Trinajstić information content (AvgIpc) is 2.38. The van der Waals surface area contributed by atoms with E-state index in [2.05, 4.69) is 5.32 Å². The zero-order valence-corrected chi connectivity index (χ0v) is 10.3. The van der Waals surface area contributed by atoms with Crippen LogP contribution in [0.25, 0.3) is 0 Å². The molecule has 2 rings (SSSR count). The molecule has 0 spiro atoms. The van der Waals surface area contributed by atoms with Crippen LogP contribution in [-0.2, 0) is 17.9 Å². The van der Waals surface area contributed by atoms with Crippen molar-refractivity contribution in [2.45, 2.75) is 13.2 Å². The van der Waals surface area contributed by atoms with Gasteiger partial charge in [0.15, 0.2) is 0 Å². The van der Waals surface area contributed by atoms with E-state index >= 15 is 0 Å². The second-order valence-electron chi connectivity index (χ2n) is 4.07. The highest BCUT2D eigenvalue weighted by atomic mass is 19.1. The zero-order chi connectivity index (χ0) is 12.8. The molecular formula is C15H16FNO. The lowest BCUT2D eigenvalue weighted by Gasteiger charge is -2.11. The van der Waals surface area contributed by atoms with E-state index in [9.17, 15) is 4.39 Å². The Bertz CT molecular complexity index is 513. The summed E-state index contributed by atoms with van der Waals surface area (Å²) in [7, 11) is 1.68. The van der Waals surface area contributed by atoms with Crippen LogP contribution in [0.5, 0.6) is 0 Å². The molecular weight excluding hydrogens is 229 g/mol. The third-order valence-corrected chi connectivity index (χ3v) is 2.73. The number of ether oxygens (including phenoxy) is 1. The molecule has 0 unspecified atom stereocenters. The van der Waals surface area contributed by atoms with Gasteiger partial charge in [0.1, 0.15) is 5.82 Å². The SMILES string of the molecule is COCc1ccccc1CNc1cccc(F)c1. The summed E-state index contributed by atoms with van der Waals surface area (Å²) < 4.78 is 18.2. The van der Waals surface area contributed by atoms with Crippen LogP contribution in [0.3, 0.4) is 0 Å². The monoisotopic (exact) mass is 245 g/mol. The lowest BCUT2D eigenvalue weighted by atomic mass is 10.1. The molecule has 0 aromatic heterocycles. The van der Waals surface area contributed by atoms with Gasteiger partial charge >= 0.3 is 0 Å². The molecule has 94 valence electrons. The topological polar surface area (TPSA) is 21.3 Å². The zero-order valence-electron chi connectivity index (χ0n) is 10.3. The minimum absolute atomic E-state index is 0.231. The van der Waals surface area contributed by atoms with Crippen molar-refractivity contribution in [1.82, 2.24) is 0 Å². The Kier molecular flexibility index (Phi) is 4.31. The number of hydrogen-bond acceptors (Lipinski definition) is 2. The first kappa shape index (κ1) is 12.6. The van der Waals surface area contributed by atoms with E-state index in [1.807, 2.05) is 30.3 Å². The van der Waals surface area contributed by atoms with Gasteiger partial charge in [-0.1, -0.05) is 30.3 Å². The van der Waals surface area contributed by atoms with Crippen LogP contribution in [0.1, 0.15) is 11.1 Å². The van der Waals surface area contributed by atoms with Crippen LogP contribution < -0.4 is 5.32 Å². The van der Waals surface area contributed by atoms with Crippen molar-refractivity contribution in [1.29, 1.82) is 0 Å². The summed E-state index contributed by atoms with van der Waals surface area (Å²) in [6, 6.07) is 14.5. The maximum absolute atomic E-state index is 13.0. The first-order valence-electron chi connectivity index (χ1n) is 5.85. The van der Waals surface area contributed by atoms with Crippen molar-refractivity contribution in [3.05, 3.63) is 65.5 Å². The highest BCUT2D eigenvalue weighted by Gasteiger charge is 2.01. The number of anilines is 1. The molecule has 0 aliphatic rings. The molecule has 2 nitrogen and oxygen atoms in total. The molecule has 1 N–H and O–H groups in total. The molecule has 0 radical (unpaired) electrons. The van der Waals surface area contributed by atoms with Gasteiger partial charge in [-0.2, -0.15) is 0 Å². The fraction of sp³-hybridized carbons (Fsp3) is 0.200. The van der Waals surface area contributed by atoms with E-state index < -0.39 is 0 Å². The van der Waals surface area contributed by atoms with Crippen molar-refractivity contribution >= 4 is 5.69 Å². The van der Waals surface area contributed by atoms with Gasteiger partial charge in [-0.05, 0) is 29.3 Å². The first-order chi connectivity index (χ1) is 8.79. The molecule has 0 aliphatic carbocycles. The number of methoxy groups -OCH3 is 1. The normalized spacial score (nSPS) is 10.3. The minimum Gasteiger partial charge on any atom is -0.381 e. The molecule has 18 heavy (non-hydrogen) atoms. The molecule has 0 saturated heterocycles. The third-order valence-electron chi connectivity index (χ3n) is 2.73. The Morgan fingerprint density at radius 2 is 1.83 bits per heavy atom. The molecule has 2 aromatic rings. The molecule has 0 fully saturated rings. The lowest BCUT2D eigenvalue weighted by molar-refractivity contribution is 0.184. The predicted octanol–water partition coefficient (Wildman–Crippen LogP) is 3.58. The van der Waals surface area contributed by atoms with Crippen LogP contribution in [0, 0.1) is 5.82 Å². The quantitative estimate of drug-likeness (QED) is 0.869. The standard InChI is InChI=1S/C15H16FNO/c1-18-11-13-6-3-2-5-12(13)10-17-15-8-4-7-14(16)9-15/h2-9,17H,10-11H2,1H3. The highest BCUT2D eigenvalue weighted by Crippen LogP contribution is 2.14. The van der Waals surface area contributed by atoms with Crippen LogP contribution in [0.4, 0.5) is 10.1 Å². The first-order valence-corrected chi connectivity index (χ1v) is 5.85. The van der Waals surface area contributed by atoms with E-state index in [1.165, 1.54) is 12.1 Å². The Morgan fingerprint density at radius 1 is 1.06 bits per heavy atom. The van der Waals surface area contributed by atoms with Crippen LogP contribution in [0.15, 0.2) is 48.5 Å². The minimum atomic E-state index is -0.231. The molecule has 0 saturated carbocycles. The Balaban J connectivity index is 2.06. The highest BCUT2D eigenvalue weighted by molar-refractivity contribution is 5.44. The summed E-state index contributed by atoms with van der Waals surface area (Å²) in [5.41, 5.74) is 3.08. The van der Waals surface area contributed by atoms with E-state index in [-0.39, 0.29) is 5.82 Å². The Hall–Kier alpha value is -1.87. The van der Waals surface area contributed by atoms with Crippen molar-refractivity contribution in [2.75, 3.05) is 12.4 Å². The second-order valence-corrected chi connectivity index (χ2v) is 4.07. The molecule has 2 aromatic carbocycles. The summed E-state index contributed by atoms with van der Waals surface area (Å²) >= 11 is 0. The fourth-order valence-corrected chi connectivity index (χ4v) is 1.82. The number of nitrogens with one attached hydrogen (secondary N) is 1. The van der Waals surface area contributed by atoms with E-state index in [4.69, 9.17) is 4.74 Å². The van der Waals surface area contributed by atoms with Gasteiger partial charge in [-0.15, -0.1) is 0 Å². The van der Waals surface area contributed by atoms with Gasteiger partial charge < -0.3 is 10.1 Å². The smallest absolute Gasteiger partial charge is 0.125 e. The molecule has 0 amide bonds. The summed E-state index contributed by atoms with van der Waals surface area (Å²) in [5, 5.41) is 3.21. The van der Waals surface area contributed by atoms with Gasteiger partial charge in [0.05, 0.1) is 6.61 Å². The lowest BCUT2D eigenvalue weighted by Crippen LogP contribution is -2.03. The summed E-state index contributed by atoms with van der Waals surface area (Å²) in [6.07, 6.45) is 0. The van der Waals surface area contributed by atoms with Crippen molar-refractivity contribution in [3.63, 3.8) is 0 Å². The molecule has 3 heteroatoms. The third kappa shape index (κ3) is 3.31. The average molecular weight is 245 g/mol. The van der Waals surface area contributed by atoms with Crippen LogP contribution in [0.2, 0.25) is 0 Å². The van der Waals surface area contributed by atoms with Gasteiger partial charge in [-0.3, -0.25) is 0 Å². The number of benzene rings is 2. The number of rotatable bonds is 5. The molecule has 0 aliphatic heterocycles. The van der Waals surface area contributed by atoms with Crippen molar-refractivity contribution in [2.24, 2.45) is 0 Å². The summed E-state index contributed by atoms with van der Waals surface area (Å²) in [4.78, 5) is 0. The predicted molar refractivity (Wildman–Crippen MR) is 70.9 cm³/mol. The number of halogens is 1. The maximum atomic E-state index is 13.0. The summed E-state index contributed by atoms with van der Waals surface area (Å²) in [5.74, 6) is -0.231. The van der Waals surface area contributed by atoms with Gasteiger partial charge in [0.2, 0.25) is 0 Å².